The standard InChI is InChI=1S/C32H41N3.3ClH.Fe/c1-20(2)27-12-10-13-28(21(3)4)31(27)33-18-25-16-24(9)17-26(35-25)19-34-32-29(22(5)6)14-11-15-30(32)23(7)8;;;;/h10-23H,1-9H3;3*1H;/q;;;;+3/p-3. The summed E-state index contributed by atoms with van der Waals surface area (Å²) in [5, 5.41) is 0. The van der Waals surface area contributed by atoms with Gasteiger partial charge in [-0.05, 0) is 70.5 Å². The van der Waals surface area contributed by atoms with E-state index in [9.17, 15) is 0 Å². The zero-order chi connectivity index (χ0) is 25.7. The van der Waals surface area contributed by atoms with Crippen LogP contribution in [0.1, 0.15) is 118 Å². The number of hydrogen-bond donors (Lipinski definition) is 0. The monoisotopic (exact) mass is 628 g/mol. The van der Waals surface area contributed by atoms with E-state index in [1.807, 2.05) is 12.4 Å². The van der Waals surface area contributed by atoms with Crippen LogP contribution in [0.15, 0.2) is 58.5 Å². The maximum absolute atomic E-state index is 4.96. The second-order valence-corrected chi connectivity index (χ2v) is 10.7. The van der Waals surface area contributed by atoms with Gasteiger partial charge in [0.15, 0.2) is 0 Å². The number of rotatable bonds is 8. The molecule has 1 heterocycles. The first kappa shape index (κ1) is 39.5. The van der Waals surface area contributed by atoms with E-state index in [0.29, 0.717) is 23.7 Å². The summed E-state index contributed by atoms with van der Waals surface area (Å²) >= 11 is 0. The smallest absolute Gasteiger partial charge is 1.00 e. The predicted octanol–water partition coefficient (Wildman–Crippen LogP) is 0.394. The van der Waals surface area contributed by atoms with E-state index in [1.54, 1.807) is 0 Å². The van der Waals surface area contributed by atoms with Crippen molar-refractivity contribution in [3.8, 4) is 0 Å². The van der Waals surface area contributed by atoms with Crippen molar-refractivity contribution in [1.82, 2.24) is 4.98 Å². The molecule has 3 aromatic rings. The number of nitrogens with zero attached hydrogens (tertiary/aromatic N) is 3. The van der Waals surface area contributed by atoms with Crippen molar-refractivity contribution < 1.29 is 54.3 Å². The van der Waals surface area contributed by atoms with Crippen molar-refractivity contribution >= 4 is 23.8 Å². The molecular weight excluding hydrogens is 589 g/mol. The van der Waals surface area contributed by atoms with Gasteiger partial charge in [0.05, 0.1) is 35.2 Å². The van der Waals surface area contributed by atoms with Crippen molar-refractivity contribution in [3.63, 3.8) is 0 Å². The van der Waals surface area contributed by atoms with E-state index in [-0.39, 0.29) is 54.3 Å². The summed E-state index contributed by atoms with van der Waals surface area (Å²) in [4.78, 5) is 14.8. The number of para-hydroxylation sites is 2. The first-order valence-electron chi connectivity index (χ1n) is 12.9. The molecule has 2 aromatic carbocycles. The summed E-state index contributed by atoms with van der Waals surface area (Å²) < 4.78 is 0. The van der Waals surface area contributed by atoms with Gasteiger partial charge in [0.2, 0.25) is 0 Å². The van der Waals surface area contributed by atoms with Crippen molar-refractivity contribution in [3.05, 3.63) is 87.7 Å². The first-order valence-corrected chi connectivity index (χ1v) is 12.9. The quantitative estimate of drug-likeness (QED) is 0.263. The topological polar surface area (TPSA) is 37.6 Å². The number of benzene rings is 2. The fourth-order valence-corrected chi connectivity index (χ4v) is 4.44. The summed E-state index contributed by atoms with van der Waals surface area (Å²) in [6.07, 6.45) is 3.80. The Morgan fingerprint density at radius 3 is 1.10 bits per heavy atom. The zero-order valence-electron chi connectivity index (χ0n) is 24.4. The molecule has 7 heteroatoms. The molecule has 3 nitrogen and oxygen atoms in total. The van der Waals surface area contributed by atoms with Crippen LogP contribution in [0.2, 0.25) is 0 Å². The normalized spacial score (nSPS) is 11.1. The number of aromatic nitrogens is 1. The van der Waals surface area contributed by atoms with E-state index in [4.69, 9.17) is 15.0 Å². The van der Waals surface area contributed by atoms with Gasteiger partial charge in [-0.15, -0.1) is 0 Å². The Bertz CT molecular complexity index is 1090. The Balaban J connectivity index is 0. The number of halogens is 3. The maximum Gasteiger partial charge on any atom is 3.00 e. The third kappa shape index (κ3) is 10.3. The van der Waals surface area contributed by atoms with Crippen LogP contribution in [0.25, 0.3) is 0 Å². The minimum atomic E-state index is 0. The first-order chi connectivity index (χ1) is 16.6. The van der Waals surface area contributed by atoms with E-state index in [2.05, 4.69) is 111 Å². The molecule has 0 aliphatic heterocycles. The summed E-state index contributed by atoms with van der Waals surface area (Å²) in [6.45, 7) is 19.9. The van der Waals surface area contributed by atoms with Crippen LogP contribution in [0, 0.1) is 6.92 Å². The maximum atomic E-state index is 4.96. The van der Waals surface area contributed by atoms with Gasteiger partial charge in [-0.3, -0.25) is 9.98 Å². The number of aryl methyl sites for hydroxylation is 1. The van der Waals surface area contributed by atoms with E-state index >= 15 is 0 Å². The van der Waals surface area contributed by atoms with Gasteiger partial charge in [-0.2, -0.15) is 0 Å². The molecule has 0 saturated carbocycles. The molecule has 0 saturated heterocycles. The van der Waals surface area contributed by atoms with E-state index in [0.717, 1.165) is 28.3 Å². The Morgan fingerprint density at radius 1 is 0.564 bits per heavy atom. The summed E-state index contributed by atoms with van der Waals surface area (Å²) in [7, 11) is 0. The van der Waals surface area contributed by atoms with Gasteiger partial charge in [-0.1, -0.05) is 91.8 Å². The van der Waals surface area contributed by atoms with Crippen LogP contribution < -0.4 is 37.2 Å². The average molecular weight is 630 g/mol. The zero-order valence-corrected chi connectivity index (χ0v) is 27.8. The van der Waals surface area contributed by atoms with E-state index < -0.39 is 0 Å². The van der Waals surface area contributed by atoms with Crippen molar-refractivity contribution in [2.24, 2.45) is 9.98 Å². The fraction of sp³-hybridized carbons (Fsp3) is 0.406. The van der Waals surface area contributed by atoms with Crippen molar-refractivity contribution in [2.45, 2.75) is 86.0 Å². The summed E-state index contributed by atoms with van der Waals surface area (Å²) in [5.74, 6) is 1.63. The number of aliphatic imine (C=N–C) groups is 2. The van der Waals surface area contributed by atoms with Crippen LogP contribution >= 0.6 is 0 Å². The minimum absolute atomic E-state index is 0. The van der Waals surface area contributed by atoms with Gasteiger partial charge in [-0.25, -0.2) is 4.98 Å². The molecule has 0 spiro atoms. The third-order valence-corrected chi connectivity index (χ3v) is 6.35. The predicted molar refractivity (Wildman–Crippen MR) is 153 cm³/mol. The second kappa shape index (κ2) is 17.9. The van der Waals surface area contributed by atoms with Crippen LogP contribution in [0.4, 0.5) is 11.4 Å². The van der Waals surface area contributed by atoms with Gasteiger partial charge in [0.25, 0.3) is 0 Å². The molecular formula is C32H41Cl3FeN3. The third-order valence-electron chi connectivity index (χ3n) is 6.35. The molecule has 0 amide bonds. The molecule has 0 aliphatic carbocycles. The van der Waals surface area contributed by atoms with Crippen LogP contribution in [-0.2, 0) is 17.1 Å². The van der Waals surface area contributed by atoms with Crippen LogP contribution in [-0.4, -0.2) is 17.4 Å². The largest absolute Gasteiger partial charge is 3.00 e. The Labute approximate surface area is 265 Å². The molecule has 39 heavy (non-hydrogen) atoms. The van der Waals surface area contributed by atoms with Gasteiger partial charge < -0.3 is 37.2 Å². The molecule has 3 rings (SSSR count). The molecule has 0 bridgehead atoms. The Hall–Kier alpha value is -1.68. The molecule has 0 unspecified atom stereocenters. The fourth-order valence-electron chi connectivity index (χ4n) is 4.44. The minimum Gasteiger partial charge on any atom is -1.00 e. The van der Waals surface area contributed by atoms with Gasteiger partial charge in [0.1, 0.15) is 0 Å². The molecule has 0 N–H and O–H groups in total. The average Bonchev–Trinajstić information content (AvgIpc) is 2.80. The van der Waals surface area contributed by atoms with Gasteiger partial charge in [0, 0.05) is 0 Å². The number of pyridine rings is 1. The van der Waals surface area contributed by atoms with Crippen LogP contribution in [0.5, 0.6) is 0 Å². The molecule has 1 aromatic heterocycles. The number of hydrogen-bond acceptors (Lipinski definition) is 3. The summed E-state index contributed by atoms with van der Waals surface area (Å²) in [6, 6.07) is 17.2. The van der Waals surface area contributed by atoms with E-state index in [1.165, 1.54) is 22.3 Å². The Kier molecular flexibility index (Phi) is 18.1. The SMILES string of the molecule is Cc1cc(C=Nc2c(C(C)C)cccc2C(C)C)nc(C=Nc2c(C(C)C)cccc2C(C)C)c1.[Cl-].[Cl-].[Cl-].[Fe+3]. The van der Waals surface area contributed by atoms with Crippen molar-refractivity contribution in [1.29, 1.82) is 0 Å². The summed E-state index contributed by atoms with van der Waals surface area (Å²) in [5.41, 5.74) is 10.1. The second-order valence-electron chi connectivity index (χ2n) is 10.7. The molecule has 1 radical (unpaired) electrons. The van der Waals surface area contributed by atoms with Gasteiger partial charge >= 0.3 is 17.1 Å². The Morgan fingerprint density at radius 2 is 0.846 bits per heavy atom. The van der Waals surface area contributed by atoms with Crippen molar-refractivity contribution in [2.75, 3.05) is 0 Å². The molecule has 0 fully saturated rings. The molecule has 0 atom stereocenters. The molecule has 213 valence electrons. The van der Waals surface area contributed by atoms with Crippen LogP contribution in [0.3, 0.4) is 0 Å². The molecule has 0 aliphatic rings.